The Hall–Kier alpha value is -0.840. The molecule has 1 aromatic rings. The maximum absolute atomic E-state index is 6.00. The van der Waals surface area contributed by atoms with Crippen LogP contribution in [0.2, 0.25) is 0 Å². The summed E-state index contributed by atoms with van der Waals surface area (Å²) in [7, 11) is 1.79. The van der Waals surface area contributed by atoms with Gasteiger partial charge in [0.1, 0.15) is 18.1 Å². The minimum atomic E-state index is 0.302. The molecule has 0 saturated heterocycles. The van der Waals surface area contributed by atoms with Gasteiger partial charge in [-0.2, -0.15) is 0 Å². The molecule has 0 radical (unpaired) electrons. The van der Waals surface area contributed by atoms with Gasteiger partial charge in [-0.15, -0.1) is 0 Å². The summed E-state index contributed by atoms with van der Waals surface area (Å²) in [6, 6.07) is 2.12. The second-order valence-corrected chi connectivity index (χ2v) is 5.93. The molecule has 4 heteroatoms. The van der Waals surface area contributed by atoms with Crippen molar-refractivity contribution < 1.29 is 13.9 Å². The number of furan rings is 1. The first kappa shape index (κ1) is 16.5. The van der Waals surface area contributed by atoms with Crippen molar-refractivity contribution in [3.05, 3.63) is 23.2 Å². The topological polar surface area (TPSA) is 43.6 Å². The van der Waals surface area contributed by atoms with Gasteiger partial charge in [0, 0.05) is 19.2 Å². The van der Waals surface area contributed by atoms with E-state index in [1.54, 1.807) is 7.11 Å². The van der Waals surface area contributed by atoms with Gasteiger partial charge in [-0.3, -0.25) is 0 Å². The molecule has 21 heavy (non-hydrogen) atoms. The lowest BCUT2D eigenvalue weighted by molar-refractivity contribution is -0.0406. The highest BCUT2D eigenvalue weighted by molar-refractivity contribution is 5.20. The van der Waals surface area contributed by atoms with Crippen LogP contribution in [0, 0.1) is 6.92 Å². The molecule has 1 aromatic heterocycles. The van der Waals surface area contributed by atoms with Crippen LogP contribution in [0.3, 0.4) is 0 Å². The highest BCUT2D eigenvalue weighted by Crippen LogP contribution is 2.24. The molecule has 2 unspecified atom stereocenters. The Morgan fingerprint density at radius 3 is 2.90 bits per heavy atom. The van der Waals surface area contributed by atoms with Crippen molar-refractivity contribution in [2.24, 2.45) is 0 Å². The van der Waals surface area contributed by atoms with Crippen LogP contribution in [0.15, 0.2) is 10.5 Å². The van der Waals surface area contributed by atoms with Crippen molar-refractivity contribution in [2.75, 3.05) is 13.7 Å². The Morgan fingerprint density at radius 2 is 2.14 bits per heavy atom. The van der Waals surface area contributed by atoms with Crippen molar-refractivity contribution >= 4 is 0 Å². The zero-order valence-electron chi connectivity index (χ0n) is 13.6. The van der Waals surface area contributed by atoms with Gasteiger partial charge < -0.3 is 19.2 Å². The lowest BCUT2D eigenvalue weighted by Crippen LogP contribution is -2.27. The van der Waals surface area contributed by atoms with Gasteiger partial charge >= 0.3 is 0 Å². The molecular weight excluding hydrogens is 266 g/mol. The molecule has 1 aliphatic rings. The van der Waals surface area contributed by atoms with E-state index in [4.69, 9.17) is 13.9 Å². The van der Waals surface area contributed by atoms with E-state index >= 15 is 0 Å². The summed E-state index contributed by atoms with van der Waals surface area (Å²) in [6.07, 6.45) is 6.28. The Balaban J connectivity index is 1.79. The van der Waals surface area contributed by atoms with E-state index in [9.17, 15) is 0 Å². The van der Waals surface area contributed by atoms with Crippen LogP contribution >= 0.6 is 0 Å². The Morgan fingerprint density at radius 1 is 1.33 bits per heavy atom. The fourth-order valence-electron chi connectivity index (χ4n) is 2.90. The van der Waals surface area contributed by atoms with Crippen LogP contribution in [0.1, 0.15) is 56.1 Å². The molecule has 1 N–H and O–H groups in total. The standard InChI is InChI=1S/C17H29NO3/c1-4-8-18-11-14-9-17(21-13(14)2)12-20-16-7-5-6-15(10-16)19-3/h9,15-16,18H,4-8,10-12H2,1-3H3. The third kappa shape index (κ3) is 5.13. The molecular formula is C17H29NO3. The van der Waals surface area contributed by atoms with Crippen molar-refractivity contribution in [3.63, 3.8) is 0 Å². The number of hydrogen-bond acceptors (Lipinski definition) is 4. The summed E-state index contributed by atoms with van der Waals surface area (Å²) < 4.78 is 17.2. The van der Waals surface area contributed by atoms with Crippen LogP contribution in [-0.2, 0) is 22.6 Å². The highest BCUT2D eigenvalue weighted by Gasteiger charge is 2.22. The zero-order chi connectivity index (χ0) is 15.1. The molecule has 1 aliphatic carbocycles. The van der Waals surface area contributed by atoms with Crippen molar-refractivity contribution in [2.45, 2.75) is 71.3 Å². The van der Waals surface area contributed by atoms with Gasteiger partial charge in [0.05, 0.1) is 12.2 Å². The van der Waals surface area contributed by atoms with Crippen molar-refractivity contribution in [1.29, 1.82) is 0 Å². The summed E-state index contributed by atoms with van der Waals surface area (Å²) >= 11 is 0. The van der Waals surface area contributed by atoms with E-state index in [-0.39, 0.29) is 0 Å². The third-order valence-corrected chi connectivity index (χ3v) is 4.19. The molecule has 0 bridgehead atoms. The molecule has 1 saturated carbocycles. The molecule has 0 amide bonds. The van der Waals surface area contributed by atoms with E-state index in [1.807, 2.05) is 6.92 Å². The molecule has 120 valence electrons. The van der Waals surface area contributed by atoms with E-state index < -0.39 is 0 Å². The maximum Gasteiger partial charge on any atom is 0.130 e. The monoisotopic (exact) mass is 295 g/mol. The molecule has 4 nitrogen and oxygen atoms in total. The average Bonchev–Trinajstić information content (AvgIpc) is 2.86. The lowest BCUT2D eigenvalue weighted by Gasteiger charge is -2.27. The fourth-order valence-corrected chi connectivity index (χ4v) is 2.90. The van der Waals surface area contributed by atoms with Gasteiger partial charge in [-0.05, 0) is 51.6 Å². The van der Waals surface area contributed by atoms with Crippen LogP contribution in [-0.4, -0.2) is 25.9 Å². The van der Waals surface area contributed by atoms with Crippen molar-refractivity contribution in [1.82, 2.24) is 5.32 Å². The van der Waals surface area contributed by atoms with Crippen LogP contribution in [0.4, 0.5) is 0 Å². The van der Waals surface area contributed by atoms with Crippen molar-refractivity contribution in [3.8, 4) is 0 Å². The Labute approximate surface area is 128 Å². The SMILES string of the molecule is CCCNCc1cc(COC2CCCC(OC)C2)oc1C. The molecule has 2 rings (SSSR count). The average molecular weight is 295 g/mol. The first-order valence-electron chi connectivity index (χ1n) is 8.16. The predicted molar refractivity (Wildman–Crippen MR) is 83.3 cm³/mol. The summed E-state index contributed by atoms with van der Waals surface area (Å²) in [5.41, 5.74) is 1.24. The summed E-state index contributed by atoms with van der Waals surface area (Å²) in [6.45, 7) is 6.67. The normalized spacial score (nSPS) is 22.6. The number of hydrogen-bond donors (Lipinski definition) is 1. The van der Waals surface area contributed by atoms with Gasteiger partial charge in [0.25, 0.3) is 0 Å². The quantitative estimate of drug-likeness (QED) is 0.745. The minimum Gasteiger partial charge on any atom is -0.464 e. The van der Waals surface area contributed by atoms with Gasteiger partial charge in [-0.1, -0.05) is 6.92 Å². The van der Waals surface area contributed by atoms with E-state index in [2.05, 4.69) is 18.3 Å². The Kier molecular flexibility index (Phi) is 6.74. The minimum absolute atomic E-state index is 0.302. The smallest absolute Gasteiger partial charge is 0.130 e. The fraction of sp³-hybridized carbons (Fsp3) is 0.765. The molecule has 0 aliphatic heterocycles. The second kappa shape index (κ2) is 8.57. The van der Waals surface area contributed by atoms with E-state index in [0.29, 0.717) is 18.8 Å². The largest absolute Gasteiger partial charge is 0.464 e. The summed E-state index contributed by atoms with van der Waals surface area (Å²) in [4.78, 5) is 0. The van der Waals surface area contributed by atoms with E-state index in [1.165, 1.54) is 12.0 Å². The van der Waals surface area contributed by atoms with Crippen LogP contribution < -0.4 is 5.32 Å². The highest BCUT2D eigenvalue weighted by atomic mass is 16.5. The lowest BCUT2D eigenvalue weighted by atomic mass is 9.95. The number of aryl methyl sites for hydroxylation is 1. The first-order chi connectivity index (χ1) is 10.2. The zero-order valence-corrected chi connectivity index (χ0v) is 13.6. The van der Waals surface area contributed by atoms with Gasteiger partial charge in [0.15, 0.2) is 0 Å². The Bertz CT molecular complexity index is 416. The molecule has 0 aromatic carbocycles. The number of methoxy groups -OCH3 is 1. The molecule has 1 fully saturated rings. The number of nitrogens with one attached hydrogen (secondary N) is 1. The molecule has 0 spiro atoms. The first-order valence-corrected chi connectivity index (χ1v) is 8.16. The molecule has 1 heterocycles. The van der Waals surface area contributed by atoms with Gasteiger partial charge in [-0.25, -0.2) is 0 Å². The maximum atomic E-state index is 6.00. The third-order valence-electron chi connectivity index (χ3n) is 4.19. The number of rotatable bonds is 8. The second-order valence-electron chi connectivity index (χ2n) is 5.93. The summed E-state index contributed by atoms with van der Waals surface area (Å²) in [5, 5.41) is 3.41. The van der Waals surface area contributed by atoms with Gasteiger partial charge in [0.2, 0.25) is 0 Å². The number of ether oxygens (including phenoxy) is 2. The summed E-state index contributed by atoms with van der Waals surface area (Å²) in [5.74, 6) is 1.93. The van der Waals surface area contributed by atoms with E-state index in [0.717, 1.165) is 50.3 Å². The van der Waals surface area contributed by atoms with Crippen LogP contribution in [0.25, 0.3) is 0 Å². The van der Waals surface area contributed by atoms with Crippen LogP contribution in [0.5, 0.6) is 0 Å². The molecule has 2 atom stereocenters. The predicted octanol–water partition coefficient (Wildman–Crippen LogP) is 3.56.